The molecule has 0 radical (unpaired) electrons. The summed E-state index contributed by atoms with van der Waals surface area (Å²) in [5.74, 6) is -4.99. The molecule has 7 atom stereocenters. The first kappa shape index (κ1) is 43.1. The Balaban J connectivity index is 2.31. The first-order valence-corrected chi connectivity index (χ1v) is 17.9. The highest BCUT2D eigenvalue weighted by Crippen LogP contribution is 2.37. The summed E-state index contributed by atoms with van der Waals surface area (Å²) in [5, 5.41) is 14.0. The molecule has 0 unspecified atom stereocenters. The van der Waals surface area contributed by atoms with Gasteiger partial charge in [-0.25, -0.2) is 0 Å². The van der Waals surface area contributed by atoms with Crippen LogP contribution in [0.3, 0.4) is 0 Å². The topological polar surface area (TPSA) is 164 Å². The lowest BCUT2D eigenvalue weighted by molar-refractivity contribution is -0.266. The lowest BCUT2D eigenvalue weighted by Crippen LogP contribution is -2.67. The Labute approximate surface area is 313 Å². The van der Waals surface area contributed by atoms with Crippen molar-refractivity contribution in [3.05, 3.63) is 71.8 Å². The van der Waals surface area contributed by atoms with E-state index in [9.17, 15) is 29.1 Å². The molecule has 0 aromatic heterocycles. The Morgan fingerprint density at radius 3 is 1.42 bits per heavy atom. The number of carboxylic acid groups (broad SMARTS) is 1. The van der Waals surface area contributed by atoms with E-state index in [4.69, 9.17) is 23.7 Å². The summed E-state index contributed by atoms with van der Waals surface area (Å²) in [6.45, 7) is 19.4. The Bertz CT molecular complexity index is 1580. The first-order chi connectivity index (χ1) is 24.3. The van der Waals surface area contributed by atoms with Crippen LogP contribution in [-0.2, 0) is 47.7 Å². The molecule has 1 saturated heterocycles. The minimum absolute atomic E-state index is 0.447. The van der Waals surface area contributed by atoms with Crippen molar-refractivity contribution in [2.24, 2.45) is 21.7 Å². The van der Waals surface area contributed by atoms with Gasteiger partial charge in [0, 0.05) is 0 Å². The van der Waals surface area contributed by atoms with Crippen molar-refractivity contribution in [2.75, 3.05) is 6.61 Å². The fourth-order valence-corrected chi connectivity index (χ4v) is 5.22. The van der Waals surface area contributed by atoms with Crippen LogP contribution in [0.1, 0.15) is 106 Å². The Kier molecular flexibility index (Phi) is 13.7. The maximum atomic E-state index is 13.7. The van der Waals surface area contributed by atoms with Crippen LogP contribution in [0.25, 0.3) is 0 Å². The summed E-state index contributed by atoms with van der Waals surface area (Å²) >= 11 is 0. The molecule has 2 N–H and O–H groups in total. The van der Waals surface area contributed by atoms with Crippen LogP contribution >= 0.6 is 0 Å². The van der Waals surface area contributed by atoms with Crippen molar-refractivity contribution in [1.82, 2.24) is 5.32 Å². The molecule has 0 bridgehead atoms. The second-order valence-electron chi connectivity index (χ2n) is 17.6. The van der Waals surface area contributed by atoms with Gasteiger partial charge in [0.15, 0.2) is 24.5 Å². The van der Waals surface area contributed by atoms with Crippen molar-refractivity contribution in [3.63, 3.8) is 0 Å². The number of esters is 4. The zero-order valence-corrected chi connectivity index (χ0v) is 33.1. The fourth-order valence-electron chi connectivity index (χ4n) is 5.22. The van der Waals surface area contributed by atoms with E-state index >= 15 is 0 Å². The Morgan fingerprint density at radius 1 is 0.604 bits per heavy atom. The zero-order valence-electron chi connectivity index (χ0n) is 33.1. The van der Waals surface area contributed by atoms with Crippen molar-refractivity contribution in [1.29, 1.82) is 0 Å². The summed E-state index contributed by atoms with van der Waals surface area (Å²) in [5.41, 5.74) is -3.00. The van der Waals surface area contributed by atoms with Crippen LogP contribution in [-0.4, -0.2) is 72.2 Å². The van der Waals surface area contributed by atoms with Gasteiger partial charge >= 0.3 is 29.8 Å². The SMILES string of the molecule is CC(C)(C)C(=O)OC[C@H]1O[C@@H](N[C@H](c2ccccc2)[C@H](C(=O)O)c2ccccc2)[C@H](OC(=O)C(C)(C)C)[C@@H](OC(=O)C(C)(C)C)[C@H]1OC(=O)C(C)(C)C. The molecule has 0 amide bonds. The molecule has 2 aromatic rings. The van der Waals surface area contributed by atoms with E-state index in [1.54, 1.807) is 144 Å². The highest BCUT2D eigenvalue weighted by Gasteiger charge is 2.55. The quantitative estimate of drug-likeness (QED) is 0.194. The average molecular weight is 740 g/mol. The third-order valence-electron chi connectivity index (χ3n) is 8.45. The standard InChI is InChI=1S/C41H57NO11/c1-38(2,3)34(45)49-23-26-29(51-35(46)39(4,5)6)30(52-36(47)40(7,8)9)31(53-37(48)41(10,11)12)32(50-26)42-28(25-21-17-14-18-22-25)27(33(43)44)24-19-15-13-16-20-24/h13-22,26-32,42H,23H2,1-12H3,(H,43,44)/t26-,27-,28-,29+,30+,31-,32-/m1/s1. The molecule has 292 valence electrons. The largest absolute Gasteiger partial charge is 0.481 e. The molecule has 0 spiro atoms. The van der Waals surface area contributed by atoms with Crippen LogP contribution in [0.2, 0.25) is 0 Å². The maximum Gasteiger partial charge on any atom is 0.312 e. The van der Waals surface area contributed by atoms with Crippen molar-refractivity contribution in [2.45, 2.75) is 126 Å². The van der Waals surface area contributed by atoms with Crippen molar-refractivity contribution >= 4 is 29.8 Å². The van der Waals surface area contributed by atoms with Gasteiger partial charge in [-0.3, -0.25) is 29.3 Å². The number of hydrogen-bond acceptors (Lipinski definition) is 11. The van der Waals surface area contributed by atoms with Gasteiger partial charge in [0.25, 0.3) is 0 Å². The average Bonchev–Trinajstić information content (AvgIpc) is 3.04. The second kappa shape index (κ2) is 16.8. The van der Waals surface area contributed by atoms with E-state index in [0.29, 0.717) is 11.1 Å². The lowest BCUT2D eigenvalue weighted by atomic mass is 9.86. The van der Waals surface area contributed by atoms with Crippen LogP contribution in [0, 0.1) is 21.7 Å². The molecular formula is C41H57NO11. The minimum Gasteiger partial charge on any atom is -0.481 e. The summed E-state index contributed by atoms with van der Waals surface area (Å²) in [4.78, 5) is 67.1. The zero-order chi connectivity index (χ0) is 40.1. The van der Waals surface area contributed by atoms with E-state index in [1.165, 1.54) is 0 Å². The molecule has 2 aromatic carbocycles. The molecule has 1 fully saturated rings. The van der Waals surface area contributed by atoms with Crippen LogP contribution in [0.5, 0.6) is 0 Å². The number of benzene rings is 2. The molecule has 12 nitrogen and oxygen atoms in total. The van der Waals surface area contributed by atoms with E-state index < -0.39 is 101 Å². The van der Waals surface area contributed by atoms with Gasteiger partial charge in [-0.2, -0.15) is 0 Å². The third-order valence-corrected chi connectivity index (χ3v) is 8.45. The molecule has 1 heterocycles. The molecule has 3 rings (SSSR count). The van der Waals surface area contributed by atoms with Crippen LogP contribution < -0.4 is 5.32 Å². The molecule has 1 aliphatic heterocycles. The smallest absolute Gasteiger partial charge is 0.312 e. The van der Waals surface area contributed by atoms with Gasteiger partial charge in [0.1, 0.15) is 18.6 Å². The monoisotopic (exact) mass is 739 g/mol. The molecule has 1 aliphatic rings. The van der Waals surface area contributed by atoms with E-state index in [1.807, 2.05) is 0 Å². The predicted molar refractivity (Wildman–Crippen MR) is 196 cm³/mol. The maximum absolute atomic E-state index is 13.7. The number of rotatable bonds is 11. The lowest BCUT2D eigenvalue weighted by Gasteiger charge is -2.47. The molecular weight excluding hydrogens is 682 g/mol. The summed E-state index contributed by atoms with van der Waals surface area (Å²) in [7, 11) is 0. The van der Waals surface area contributed by atoms with Gasteiger partial charge in [-0.15, -0.1) is 0 Å². The van der Waals surface area contributed by atoms with Gasteiger partial charge in [-0.05, 0) is 94.2 Å². The number of hydrogen-bond donors (Lipinski definition) is 2. The predicted octanol–water partition coefficient (Wildman–Crippen LogP) is 6.37. The van der Waals surface area contributed by atoms with Gasteiger partial charge < -0.3 is 28.8 Å². The summed E-state index contributed by atoms with van der Waals surface area (Å²) < 4.78 is 30.7. The number of nitrogens with one attached hydrogen (secondary N) is 1. The summed E-state index contributed by atoms with van der Waals surface area (Å²) in [6.07, 6.45) is -7.09. The van der Waals surface area contributed by atoms with Gasteiger partial charge in [0.05, 0.1) is 27.7 Å². The van der Waals surface area contributed by atoms with E-state index in [2.05, 4.69) is 5.32 Å². The number of carbonyl (C=O) groups excluding carboxylic acids is 4. The second-order valence-corrected chi connectivity index (χ2v) is 17.6. The fraction of sp³-hybridized carbons (Fsp3) is 0.585. The Hall–Kier alpha value is -4.29. The van der Waals surface area contributed by atoms with E-state index in [0.717, 1.165) is 0 Å². The third kappa shape index (κ3) is 11.6. The Morgan fingerprint density at radius 2 is 1.00 bits per heavy atom. The van der Waals surface area contributed by atoms with Crippen LogP contribution in [0.4, 0.5) is 0 Å². The highest BCUT2D eigenvalue weighted by atomic mass is 16.7. The molecule has 53 heavy (non-hydrogen) atoms. The van der Waals surface area contributed by atoms with Gasteiger partial charge in [0.2, 0.25) is 0 Å². The number of carbonyl (C=O) groups is 5. The minimum atomic E-state index is -1.50. The van der Waals surface area contributed by atoms with Gasteiger partial charge in [-0.1, -0.05) is 60.7 Å². The van der Waals surface area contributed by atoms with Crippen LogP contribution in [0.15, 0.2) is 60.7 Å². The highest BCUT2D eigenvalue weighted by molar-refractivity contribution is 5.79. The first-order valence-electron chi connectivity index (χ1n) is 17.9. The molecule has 0 aliphatic carbocycles. The molecule has 12 heteroatoms. The number of carboxylic acids is 1. The van der Waals surface area contributed by atoms with Crippen molar-refractivity contribution < 1.29 is 52.8 Å². The summed E-state index contributed by atoms with van der Waals surface area (Å²) in [6, 6.07) is 16.4. The van der Waals surface area contributed by atoms with E-state index in [-0.39, 0.29) is 0 Å². The molecule has 0 saturated carbocycles. The number of ether oxygens (including phenoxy) is 5. The number of aliphatic carboxylic acids is 1. The van der Waals surface area contributed by atoms with Crippen molar-refractivity contribution in [3.8, 4) is 0 Å². The normalized spacial score (nSPS) is 22.2.